The highest BCUT2D eigenvalue weighted by molar-refractivity contribution is 4.78. The first-order chi connectivity index (χ1) is 5.24. The van der Waals surface area contributed by atoms with Crippen molar-refractivity contribution in [3.05, 3.63) is 0 Å². The molecular formula is C9H20N2. The van der Waals surface area contributed by atoms with Gasteiger partial charge < -0.3 is 10.2 Å². The summed E-state index contributed by atoms with van der Waals surface area (Å²) in [6.07, 6.45) is 2.91. The van der Waals surface area contributed by atoms with Gasteiger partial charge in [0.25, 0.3) is 0 Å². The fourth-order valence-corrected chi connectivity index (χ4v) is 1.34. The van der Waals surface area contributed by atoms with E-state index in [2.05, 4.69) is 24.2 Å². The van der Waals surface area contributed by atoms with Crippen LogP contribution in [-0.4, -0.2) is 38.1 Å². The van der Waals surface area contributed by atoms with Crippen LogP contribution in [0.3, 0.4) is 0 Å². The van der Waals surface area contributed by atoms with Crippen molar-refractivity contribution in [3.63, 3.8) is 0 Å². The van der Waals surface area contributed by atoms with E-state index < -0.39 is 0 Å². The maximum atomic E-state index is 3.20. The van der Waals surface area contributed by atoms with E-state index >= 15 is 0 Å². The molecule has 66 valence electrons. The molecule has 1 rings (SSSR count). The van der Waals surface area contributed by atoms with Crippen LogP contribution in [0.4, 0.5) is 0 Å². The summed E-state index contributed by atoms with van der Waals surface area (Å²) in [4.78, 5) is 2.45. The third-order valence-electron chi connectivity index (χ3n) is 2.50. The fourth-order valence-electron chi connectivity index (χ4n) is 1.34. The van der Waals surface area contributed by atoms with Crippen LogP contribution >= 0.6 is 0 Å². The minimum Gasteiger partial charge on any atom is -0.318 e. The molecule has 1 aliphatic rings. The van der Waals surface area contributed by atoms with Gasteiger partial charge in [0.05, 0.1) is 0 Å². The average Bonchev–Trinajstić information content (AvgIpc) is 2.72. The van der Waals surface area contributed by atoms with E-state index in [9.17, 15) is 0 Å². The van der Waals surface area contributed by atoms with E-state index in [0.29, 0.717) is 6.04 Å². The minimum atomic E-state index is 0.681. The summed E-state index contributed by atoms with van der Waals surface area (Å²) in [5, 5.41) is 3.20. The quantitative estimate of drug-likeness (QED) is 0.637. The smallest absolute Gasteiger partial charge is 0.0189 e. The predicted molar refractivity (Wildman–Crippen MR) is 48.7 cm³/mol. The Bertz CT molecular complexity index is 110. The van der Waals surface area contributed by atoms with Crippen LogP contribution < -0.4 is 5.32 Å². The van der Waals surface area contributed by atoms with Gasteiger partial charge in [-0.2, -0.15) is 0 Å². The lowest BCUT2D eigenvalue weighted by Gasteiger charge is -2.24. The standard InChI is InChI=1S/C9H20N2/c1-8(6-10-2)11(3)7-9-4-5-9/h8-10H,4-7H2,1-3H3. The first-order valence-corrected chi connectivity index (χ1v) is 4.59. The van der Waals surface area contributed by atoms with Gasteiger partial charge in [-0.25, -0.2) is 0 Å². The summed E-state index contributed by atoms with van der Waals surface area (Å²) >= 11 is 0. The second-order valence-electron chi connectivity index (χ2n) is 3.79. The molecular weight excluding hydrogens is 136 g/mol. The Kier molecular flexibility index (Phi) is 3.34. The molecule has 0 aromatic heterocycles. The van der Waals surface area contributed by atoms with Gasteiger partial charge in [-0.05, 0) is 39.8 Å². The Morgan fingerprint density at radius 3 is 2.64 bits per heavy atom. The second kappa shape index (κ2) is 4.07. The zero-order valence-electron chi connectivity index (χ0n) is 7.93. The second-order valence-corrected chi connectivity index (χ2v) is 3.79. The number of nitrogens with zero attached hydrogens (tertiary/aromatic N) is 1. The van der Waals surface area contributed by atoms with Crippen molar-refractivity contribution in [1.29, 1.82) is 0 Å². The van der Waals surface area contributed by atoms with E-state index in [4.69, 9.17) is 0 Å². The maximum absolute atomic E-state index is 3.20. The van der Waals surface area contributed by atoms with Crippen molar-refractivity contribution in [3.8, 4) is 0 Å². The predicted octanol–water partition coefficient (Wildman–Crippen LogP) is 0.936. The third-order valence-corrected chi connectivity index (χ3v) is 2.50. The van der Waals surface area contributed by atoms with Crippen LogP contribution in [0, 0.1) is 5.92 Å². The van der Waals surface area contributed by atoms with Gasteiger partial charge in [-0.15, -0.1) is 0 Å². The summed E-state index contributed by atoms with van der Waals surface area (Å²) in [7, 11) is 4.24. The van der Waals surface area contributed by atoms with Crippen LogP contribution in [-0.2, 0) is 0 Å². The summed E-state index contributed by atoms with van der Waals surface area (Å²) in [6, 6.07) is 0.681. The molecule has 0 bridgehead atoms. The Balaban J connectivity index is 2.10. The number of hydrogen-bond donors (Lipinski definition) is 1. The van der Waals surface area contributed by atoms with E-state index in [0.717, 1.165) is 12.5 Å². The van der Waals surface area contributed by atoms with Crippen LogP contribution in [0.25, 0.3) is 0 Å². The van der Waals surface area contributed by atoms with Gasteiger partial charge >= 0.3 is 0 Å². The molecule has 0 spiro atoms. The molecule has 1 atom stereocenters. The molecule has 0 radical (unpaired) electrons. The highest BCUT2D eigenvalue weighted by Gasteiger charge is 2.24. The van der Waals surface area contributed by atoms with Crippen molar-refractivity contribution in [2.24, 2.45) is 5.92 Å². The molecule has 1 fully saturated rings. The van der Waals surface area contributed by atoms with Gasteiger partial charge in [-0.1, -0.05) is 0 Å². The third kappa shape index (κ3) is 3.21. The van der Waals surface area contributed by atoms with Gasteiger partial charge in [0.15, 0.2) is 0 Å². The van der Waals surface area contributed by atoms with Crippen molar-refractivity contribution in [2.45, 2.75) is 25.8 Å². The molecule has 0 aliphatic heterocycles. The number of nitrogens with one attached hydrogen (secondary N) is 1. The van der Waals surface area contributed by atoms with Crippen molar-refractivity contribution in [2.75, 3.05) is 27.2 Å². The average molecular weight is 156 g/mol. The normalized spacial score (nSPS) is 20.7. The molecule has 2 nitrogen and oxygen atoms in total. The lowest BCUT2D eigenvalue weighted by molar-refractivity contribution is 0.244. The highest BCUT2D eigenvalue weighted by atomic mass is 15.1. The topological polar surface area (TPSA) is 15.3 Å². The first-order valence-electron chi connectivity index (χ1n) is 4.59. The molecule has 0 saturated heterocycles. The molecule has 0 aromatic carbocycles. The Morgan fingerprint density at radius 2 is 2.18 bits per heavy atom. The van der Waals surface area contributed by atoms with Gasteiger partial charge in [0, 0.05) is 19.1 Å². The number of likely N-dealkylation sites (N-methyl/N-ethyl adjacent to an activating group) is 2. The Morgan fingerprint density at radius 1 is 1.55 bits per heavy atom. The SMILES string of the molecule is CNCC(C)N(C)CC1CC1. The van der Waals surface area contributed by atoms with Gasteiger partial charge in [0.2, 0.25) is 0 Å². The monoisotopic (exact) mass is 156 g/mol. The van der Waals surface area contributed by atoms with E-state index in [1.165, 1.54) is 19.4 Å². The van der Waals surface area contributed by atoms with Crippen molar-refractivity contribution < 1.29 is 0 Å². The minimum absolute atomic E-state index is 0.681. The maximum Gasteiger partial charge on any atom is 0.0189 e. The molecule has 1 unspecified atom stereocenters. The van der Waals surface area contributed by atoms with Crippen molar-refractivity contribution in [1.82, 2.24) is 10.2 Å². The first kappa shape index (κ1) is 9.01. The van der Waals surface area contributed by atoms with E-state index in [1.54, 1.807) is 0 Å². The largest absolute Gasteiger partial charge is 0.318 e. The number of rotatable bonds is 5. The highest BCUT2D eigenvalue weighted by Crippen LogP contribution is 2.29. The zero-order chi connectivity index (χ0) is 8.27. The van der Waals surface area contributed by atoms with Crippen LogP contribution in [0.1, 0.15) is 19.8 Å². The molecule has 1 saturated carbocycles. The summed E-state index contributed by atoms with van der Waals surface area (Å²) in [5.74, 6) is 1.01. The van der Waals surface area contributed by atoms with E-state index in [-0.39, 0.29) is 0 Å². The van der Waals surface area contributed by atoms with E-state index in [1.807, 2.05) is 7.05 Å². The molecule has 2 heteroatoms. The Labute approximate surface area is 70.0 Å². The van der Waals surface area contributed by atoms with Crippen LogP contribution in [0.15, 0.2) is 0 Å². The zero-order valence-corrected chi connectivity index (χ0v) is 7.93. The summed E-state index contributed by atoms with van der Waals surface area (Å²) in [5.41, 5.74) is 0. The molecule has 11 heavy (non-hydrogen) atoms. The van der Waals surface area contributed by atoms with Crippen molar-refractivity contribution >= 4 is 0 Å². The fraction of sp³-hybridized carbons (Fsp3) is 1.00. The Hall–Kier alpha value is -0.0800. The molecule has 0 amide bonds. The molecule has 0 heterocycles. The lowest BCUT2D eigenvalue weighted by Crippen LogP contribution is -2.37. The molecule has 1 aliphatic carbocycles. The van der Waals surface area contributed by atoms with Gasteiger partial charge in [0.1, 0.15) is 0 Å². The summed E-state index contributed by atoms with van der Waals surface area (Å²) in [6.45, 7) is 4.67. The molecule has 0 aromatic rings. The lowest BCUT2D eigenvalue weighted by atomic mass is 10.2. The molecule has 1 N–H and O–H groups in total. The van der Waals surface area contributed by atoms with Gasteiger partial charge in [-0.3, -0.25) is 0 Å². The van der Waals surface area contributed by atoms with Crippen LogP contribution in [0.5, 0.6) is 0 Å². The summed E-state index contributed by atoms with van der Waals surface area (Å²) < 4.78 is 0. The van der Waals surface area contributed by atoms with Crippen LogP contribution in [0.2, 0.25) is 0 Å². The number of hydrogen-bond acceptors (Lipinski definition) is 2.